The highest BCUT2D eigenvalue weighted by Gasteiger charge is 2.38. The lowest BCUT2D eigenvalue weighted by molar-refractivity contribution is -0.122. The molecule has 1 aliphatic rings. The van der Waals surface area contributed by atoms with E-state index < -0.39 is 11.9 Å². The molecule has 0 radical (unpaired) electrons. The highest BCUT2D eigenvalue weighted by molar-refractivity contribution is 7.09. The quantitative estimate of drug-likeness (QED) is 0.139. The number of hydrogen-bond acceptors (Lipinski definition) is 8. The molecule has 2 aromatic rings. The average Bonchev–Trinajstić information content (AvgIpc) is 3.55. The Morgan fingerprint density at radius 3 is 2.67 bits per heavy atom. The fourth-order valence-corrected chi connectivity index (χ4v) is 4.98. The molecule has 0 spiro atoms. The van der Waals surface area contributed by atoms with Gasteiger partial charge in [0.15, 0.2) is 5.96 Å². The summed E-state index contributed by atoms with van der Waals surface area (Å²) >= 11 is 1.28. The minimum atomic E-state index is -0.727. The molecule has 0 aliphatic carbocycles. The van der Waals surface area contributed by atoms with Crippen molar-refractivity contribution in [2.24, 2.45) is 18.5 Å². The third-order valence-corrected chi connectivity index (χ3v) is 7.01. The van der Waals surface area contributed by atoms with Gasteiger partial charge in [0, 0.05) is 44.8 Å². The van der Waals surface area contributed by atoms with Crippen LogP contribution < -0.4 is 27.4 Å². The Morgan fingerprint density at radius 1 is 1.28 bits per heavy atom. The van der Waals surface area contributed by atoms with Gasteiger partial charge in [0.05, 0.1) is 6.04 Å². The van der Waals surface area contributed by atoms with Crippen LogP contribution in [0.1, 0.15) is 63.5 Å². The molecular formula is C22H34N10O3S. The molecule has 2 aromatic heterocycles. The number of hydrogen-bond donors (Lipinski definition) is 6. The number of nitrogens with two attached hydrogens (primary N) is 2. The van der Waals surface area contributed by atoms with Crippen LogP contribution in [0.4, 0.5) is 0 Å². The summed E-state index contributed by atoms with van der Waals surface area (Å²) in [6.45, 7) is 2.71. The molecule has 196 valence electrons. The number of carbonyl (C=O) groups excluding carboxylic acids is 3. The lowest BCUT2D eigenvalue weighted by Gasteiger charge is -2.22. The Morgan fingerprint density at radius 2 is 2.03 bits per heavy atom. The molecule has 1 fully saturated rings. The van der Waals surface area contributed by atoms with Crippen molar-refractivity contribution in [3.63, 3.8) is 0 Å². The van der Waals surface area contributed by atoms with Crippen molar-refractivity contribution >= 4 is 35.0 Å². The van der Waals surface area contributed by atoms with Crippen molar-refractivity contribution in [1.29, 1.82) is 5.41 Å². The van der Waals surface area contributed by atoms with E-state index in [9.17, 15) is 14.4 Å². The van der Waals surface area contributed by atoms with E-state index in [0.29, 0.717) is 49.5 Å². The standard InChI is InChI=1S/C22H34N10O3S/c1-12-28-15(10-31(12)3)21(35)32-9-13(23)8-17(32)20-30-16(11-36-20)19(34)29-14(18(33)26-2)6-4-5-7-27-22(24)25/h10-11,13-14,17H,4-9,23H2,1-3H3,(H,26,33)(H,29,34)(H4,24,25,27)/t13-,14?,17-/m1/s1. The number of guanidine groups is 1. The van der Waals surface area contributed by atoms with E-state index in [4.69, 9.17) is 16.9 Å². The van der Waals surface area contributed by atoms with Crippen LogP contribution in [0.2, 0.25) is 0 Å². The molecule has 8 N–H and O–H groups in total. The highest BCUT2D eigenvalue weighted by atomic mass is 32.1. The molecule has 3 atom stereocenters. The summed E-state index contributed by atoms with van der Waals surface area (Å²) in [6, 6.07) is -1.29. The number of likely N-dealkylation sites (N-methyl/N-ethyl adjacent to an activating group) is 1. The molecule has 1 unspecified atom stereocenters. The van der Waals surface area contributed by atoms with Gasteiger partial charge in [-0.25, -0.2) is 9.97 Å². The van der Waals surface area contributed by atoms with Gasteiger partial charge in [-0.05, 0) is 32.6 Å². The first-order valence-corrected chi connectivity index (χ1v) is 12.6. The third-order valence-electron chi connectivity index (χ3n) is 6.06. The number of unbranched alkanes of at least 4 members (excludes halogenated alkanes) is 1. The monoisotopic (exact) mass is 518 g/mol. The second kappa shape index (κ2) is 11.9. The van der Waals surface area contributed by atoms with Gasteiger partial charge >= 0.3 is 0 Å². The first kappa shape index (κ1) is 27.1. The van der Waals surface area contributed by atoms with E-state index in [2.05, 4.69) is 25.9 Å². The van der Waals surface area contributed by atoms with E-state index in [1.807, 2.05) is 14.0 Å². The van der Waals surface area contributed by atoms with Crippen LogP contribution in [0.25, 0.3) is 0 Å². The summed E-state index contributed by atoms with van der Waals surface area (Å²) in [7, 11) is 3.34. The van der Waals surface area contributed by atoms with Gasteiger partial charge in [0.25, 0.3) is 11.8 Å². The Kier molecular flexibility index (Phi) is 8.98. The van der Waals surface area contributed by atoms with Crippen molar-refractivity contribution in [3.8, 4) is 0 Å². The summed E-state index contributed by atoms with van der Waals surface area (Å²) in [5.74, 6) is -0.371. The summed E-state index contributed by atoms with van der Waals surface area (Å²) < 4.78 is 1.78. The van der Waals surface area contributed by atoms with Crippen LogP contribution in [-0.2, 0) is 11.8 Å². The first-order chi connectivity index (χ1) is 17.1. The zero-order valence-electron chi connectivity index (χ0n) is 20.7. The number of amides is 3. The molecule has 3 heterocycles. The lowest BCUT2D eigenvalue weighted by Crippen LogP contribution is -2.45. The van der Waals surface area contributed by atoms with Crippen molar-refractivity contribution in [2.45, 2.75) is 50.7 Å². The summed E-state index contributed by atoms with van der Waals surface area (Å²) in [4.78, 5) is 48.8. The van der Waals surface area contributed by atoms with Crippen LogP contribution in [0.5, 0.6) is 0 Å². The SMILES string of the molecule is CNC(=O)C(CCCCNC(=N)N)NC(=O)c1csc([C@H]2C[C@@H](N)CN2C(=O)c2cn(C)c(C)n2)n1. The maximum Gasteiger partial charge on any atom is 0.274 e. The Bertz CT molecular complexity index is 1090. The number of nitrogens with zero attached hydrogens (tertiary/aromatic N) is 4. The van der Waals surface area contributed by atoms with Crippen molar-refractivity contribution in [2.75, 3.05) is 20.1 Å². The average molecular weight is 519 g/mol. The second-order valence-corrected chi connectivity index (χ2v) is 9.69. The molecule has 36 heavy (non-hydrogen) atoms. The molecule has 1 aliphatic heterocycles. The Labute approximate surface area is 213 Å². The first-order valence-electron chi connectivity index (χ1n) is 11.7. The van der Waals surface area contributed by atoms with E-state index in [-0.39, 0.29) is 35.6 Å². The minimum Gasteiger partial charge on any atom is -0.370 e. The predicted octanol–water partition coefficient (Wildman–Crippen LogP) is -0.403. The van der Waals surface area contributed by atoms with Gasteiger partial charge in [-0.1, -0.05) is 0 Å². The van der Waals surface area contributed by atoms with Crippen LogP contribution in [-0.4, -0.2) is 75.3 Å². The molecule has 13 nitrogen and oxygen atoms in total. The molecule has 0 saturated carbocycles. The van der Waals surface area contributed by atoms with Gasteiger partial charge in [-0.3, -0.25) is 19.8 Å². The number of aromatic nitrogens is 3. The largest absolute Gasteiger partial charge is 0.370 e. The summed E-state index contributed by atoms with van der Waals surface area (Å²) in [6.07, 6.45) is 3.97. The zero-order chi connectivity index (χ0) is 26.4. The van der Waals surface area contributed by atoms with E-state index in [0.717, 1.165) is 5.82 Å². The number of carbonyl (C=O) groups is 3. The number of aryl methyl sites for hydroxylation is 2. The maximum atomic E-state index is 13.1. The number of thiazole rings is 1. The number of nitrogens with one attached hydrogen (secondary N) is 4. The van der Waals surface area contributed by atoms with Gasteiger partial charge < -0.3 is 36.9 Å². The van der Waals surface area contributed by atoms with E-state index in [1.165, 1.54) is 18.4 Å². The summed E-state index contributed by atoms with van der Waals surface area (Å²) in [5.41, 5.74) is 12.0. The molecule has 0 aromatic carbocycles. The molecule has 3 amide bonds. The van der Waals surface area contributed by atoms with Gasteiger partial charge in [-0.15, -0.1) is 11.3 Å². The predicted molar refractivity (Wildman–Crippen MR) is 136 cm³/mol. The molecule has 1 saturated heterocycles. The molecule has 0 bridgehead atoms. The van der Waals surface area contributed by atoms with Gasteiger partial charge in [0.1, 0.15) is 28.3 Å². The van der Waals surface area contributed by atoms with Crippen molar-refractivity contribution in [1.82, 2.24) is 35.4 Å². The lowest BCUT2D eigenvalue weighted by atomic mass is 10.1. The zero-order valence-corrected chi connectivity index (χ0v) is 21.5. The van der Waals surface area contributed by atoms with E-state index >= 15 is 0 Å². The Hall–Kier alpha value is -3.52. The highest BCUT2D eigenvalue weighted by Crippen LogP contribution is 2.34. The Balaban J connectivity index is 1.66. The normalized spacial score (nSPS) is 18.1. The molecule has 14 heteroatoms. The van der Waals surface area contributed by atoms with Crippen LogP contribution in [0.3, 0.4) is 0 Å². The van der Waals surface area contributed by atoms with Crippen LogP contribution in [0, 0.1) is 12.3 Å². The number of rotatable bonds is 10. The van der Waals surface area contributed by atoms with Crippen molar-refractivity contribution in [3.05, 3.63) is 33.8 Å². The van der Waals surface area contributed by atoms with Crippen LogP contribution in [0.15, 0.2) is 11.6 Å². The van der Waals surface area contributed by atoms with Crippen molar-refractivity contribution < 1.29 is 14.4 Å². The van der Waals surface area contributed by atoms with E-state index in [1.54, 1.807) is 21.0 Å². The second-order valence-electron chi connectivity index (χ2n) is 8.80. The fraction of sp³-hybridized carbons (Fsp3) is 0.545. The smallest absolute Gasteiger partial charge is 0.274 e. The molecule has 3 rings (SSSR count). The van der Waals surface area contributed by atoms with Crippen LogP contribution >= 0.6 is 11.3 Å². The summed E-state index contributed by atoms with van der Waals surface area (Å²) in [5, 5.41) is 17.4. The molecular weight excluding hydrogens is 484 g/mol. The number of likely N-dealkylation sites (tertiary alicyclic amines) is 1. The maximum absolute atomic E-state index is 13.1. The fourth-order valence-electron chi connectivity index (χ4n) is 4.05. The topological polar surface area (TPSA) is 197 Å². The third kappa shape index (κ3) is 6.57. The number of imidazole rings is 1. The minimum absolute atomic E-state index is 0.107. The van der Waals surface area contributed by atoms with Gasteiger partial charge in [-0.2, -0.15) is 0 Å². The van der Waals surface area contributed by atoms with Gasteiger partial charge in [0.2, 0.25) is 5.91 Å².